The second-order valence-electron chi connectivity index (χ2n) is 11.1. The molecule has 7 rings (SSSR count). The number of anilines is 1. The fourth-order valence-electron chi connectivity index (χ4n) is 6.49. The van der Waals surface area contributed by atoms with Crippen molar-refractivity contribution in [3.8, 4) is 10.6 Å². The first kappa shape index (κ1) is 24.6. The number of nitrogens with zero attached hydrogens (tertiary/aromatic N) is 4. The van der Waals surface area contributed by atoms with Crippen LogP contribution in [0.1, 0.15) is 29.5 Å². The molecule has 1 aromatic heterocycles. The molecule has 7 heteroatoms. The normalized spacial score (nSPS) is 22.5. The zero-order valence-corrected chi connectivity index (χ0v) is 23.0. The van der Waals surface area contributed by atoms with Gasteiger partial charge in [0, 0.05) is 37.8 Å². The summed E-state index contributed by atoms with van der Waals surface area (Å²) < 4.78 is 1.16. The monoisotopic (exact) mass is 536 g/mol. The van der Waals surface area contributed by atoms with E-state index in [0.717, 1.165) is 59.8 Å². The first-order valence-corrected chi connectivity index (χ1v) is 14.7. The van der Waals surface area contributed by atoms with Gasteiger partial charge in [-0.15, -0.1) is 11.3 Å². The van der Waals surface area contributed by atoms with E-state index in [2.05, 4.69) is 59.2 Å². The number of carbonyl (C=O) groups excluding carboxylic acids is 2. The van der Waals surface area contributed by atoms with Crippen molar-refractivity contribution in [1.29, 1.82) is 0 Å². The van der Waals surface area contributed by atoms with Crippen LogP contribution in [0, 0.1) is 6.92 Å². The van der Waals surface area contributed by atoms with E-state index >= 15 is 0 Å². The number of hydrogen-bond donors (Lipinski definition) is 0. The molecule has 3 heterocycles. The zero-order chi connectivity index (χ0) is 26.5. The number of piperazine rings is 1. The van der Waals surface area contributed by atoms with Gasteiger partial charge in [0.2, 0.25) is 5.91 Å². The second kappa shape index (κ2) is 9.97. The van der Waals surface area contributed by atoms with Crippen LogP contribution in [0.5, 0.6) is 0 Å². The van der Waals surface area contributed by atoms with Gasteiger partial charge in [-0.25, -0.2) is 9.88 Å². The van der Waals surface area contributed by atoms with Gasteiger partial charge in [0.05, 0.1) is 28.4 Å². The lowest BCUT2D eigenvalue weighted by Gasteiger charge is -2.42. The van der Waals surface area contributed by atoms with Crippen LogP contribution in [-0.2, 0) is 22.4 Å². The van der Waals surface area contributed by atoms with Gasteiger partial charge in [-0.2, -0.15) is 0 Å². The minimum absolute atomic E-state index is 0.0942. The summed E-state index contributed by atoms with van der Waals surface area (Å²) in [6, 6.07) is 23.0. The largest absolute Gasteiger partial charge is 0.298 e. The average molecular weight is 537 g/mol. The van der Waals surface area contributed by atoms with Crippen molar-refractivity contribution in [3.05, 3.63) is 83.4 Å². The zero-order valence-electron chi connectivity index (χ0n) is 22.2. The minimum atomic E-state index is -0.362. The predicted molar refractivity (Wildman–Crippen MR) is 156 cm³/mol. The first-order chi connectivity index (χ1) is 19.0. The summed E-state index contributed by atoms with van der Waals surface area (Å²) in [5, 5.41) is 0.943. The van der Waals surface area contributed by atoms with Crippen LogP contribution in [-0.4, -0.2) is 64.9 Å². The molecule has 4 aromatic rings. The Kier molecular flexibility index (Phi) is 6.30. The smallest absolute Gasteiger partial charge is 0.251 e. The standard InChI is InChI=1S/C32H32N4O2S/c1-21-6-13-27-29(18-21)39-31(33-27)23-8-10-25(11-9-23)36-30(37)20-28(32(36)38)35-16-14-34(15-17-35)26-12-7-22-4-2-3-5-24(22)19-26/h2-6,8-11,13,18,26,28H,7,12,14-17,19-20H2,1H3/t26-,28-/m1/s1. The van der Waals surface area contributed by atoms with Crippen molar-refractivity contribution in [1.82, 2.24) is 14.8 Å². The molecule has 39 heavy (non-hydrogen) atoms. The van der Waals surface area contributed by atoms with Gasteiger partial charge in [-0.05, 0) is 79.3 Å². The highest BCUT2D eigenvalue weighted by molar-refractivity contribution is 7.21. The summed E-state index contributed by atoms with van der Waals surface area (Å²) >= 11 is 1.66. The van der Waals surface area contributed by atoms with Crippen LogP contribution in [0.15, 0.2) is 66.7 Å². The van der Waals surface area contributed by atoms with Crippen molar-refractivity contribution in [3.63, 3.8) is 0 Å². The third kappa shape index (κ3) is 4.58. The number of rotatable bonds is 4. The molecular formula is C32H32N4O2S. The Morgan fingerprint density at radius 3 is 2.38 bits per heavy atom. The van der Waals surface area contributed by atoms with Gasteiger partial charge in [-0.3, -0.25) is 19.4 Å². The van der Waals surface area contributed by atoms with Crippen LogP contribution in [0.25, 0.3) is 20.8 Å². The highest BCUT2D eigenvalue weighted by Crippen LogP contribution is 2.33. The first-order valence-electron chi connectivity index (χ1n) is 13.9. The summed E-state index contributed by atoms with van der Waals surface area (Å²) in [5.41, 5.74) is 6.82. The Bertz CT molecular complexity index is 1550. The number of imide groups is 1. The SMILES string of the molecule is Cc1ccc2nc(-c3ccc(N4C(=O)C[C@@H](N5CCN([C@@H]6CCc7ccccc7C6)CC5)C4=O)cc3)sc2c1. The molecule has 2 aliphatic heterocycles. The van der Waals surface area contributed by atoms with Gasteiger partial charge in [0.25, 0.3) is 5.91 Å². The predicted octanol–water partition coefficient (Wildman–Crippen LogP) is 5.08. The molecule has 2 fully saturated rings. The number of carbonyl (C=O) groups is 2. The molecule has 2 amide bonds. The van der Waals surface area contributed by atoms with E-state index in [9.17, 15) is 9.59 Å². The Labute approximate surface area is 232 Å². The van der Waals surface area contributed by atoms with E-state index in [0.29, 0.717) is 11.7 Å². The van der Waals surface area contributed by atoms with Crippen molar-refractivity contribution in [2.45, 2.75) is 44.7 Å². The lowest BCUT2D eigenvalue weighted by atomic mass is 9.87. The summed E-state index contributed by atoms with van der Waals surface area (Å²) in [7, 11) is 0. The summed E-state index contributed by atoms with van der Waals surface area (Å²) in [4.78, 5) is 37.5. The van der Waals surface area contributed by atoms with E-state index < -0.39 is 0 Å². The van der Waals surface area contributed by atoms with Crippen LogP contribution < -0.4 is 4.90 Å². The fourth-order valence-corrected chi connectivity index (χ4v) is 7.55. The molecule has 3 aromatic carbocycles. The maximum Gasteiger partial charge on any atom is 0.251 e. The van der Waals surface area contributed by atoms with E-state index in [1.54, 1.807) is 11.3 Å². The third-order valence-electron chi connectivity index (χ3n) is 8.67. The van der Waals surface area contributed by atoms with Gasteiger partial charge in [0.15, 0.2) is 0 Å². The van der Waals surface area contributed by atoms with E-state index in [1.165, 1.54) is 28.0 Å². The lowest BCUT2D eigenvalue weighted by Crippen LogP contribution is -2.55. The third-order valence-corrected chi connectivity index (χ3v) is 9.73. The van der Waals surface area contributed by atoms with Gasteiger partial charge in [-0.1, -0.05) is 30.3 Å². The van der Waals surface area contributed by atoms with Crippen LogP contribution in [0.2, 0.25) is 0 Å². The molecule has 6 nitrogen and oxygen atoms in total. The number of aromatic nitrogens is 1. The second-order valence-corrected chi connectivity index (χ2v) is 12.1. The molecule has 0 radical (unpaired) electrons. The van der Waals surface area contributed by atoms with Crippen LogP contribution >= 0.6 is 11.3 Å². The topological polar surface area (TPSA) is 56.8 Å². The van der Waals surface area contributed by atoms with E-state index in [1.807, 2.05) is 24.3 Å². The highest BCUT2D eigenvalue weighted by atomic mass is 32.1. The quantitative estimate of drug-likeness (QED) is 0.341. The van der Waals surface area contributed by atoms with E-state index in [4.69, 9.17) is 4.98 Å². The highest BCUT2D eigenvalue weighted by Gasteiger charge is 2.43. The molecule has 2 atom stereocenters. The minimum Gasteiger partial charge on any atom is -0.298 e. The molecule has 0 spiro atoms. The molecule has 3 aliphatic rings. The number of benzene rings is 3. The maximum atomic E-state index is 13.5. The Balaban J connectivity index is 1.01. The summed E-state index contributed by atoms with van der Waals surface area (Å²) in [6.45, 7) is 5.63. The Hall–Kier alpha value is -3.39. The molecule has 0 bridgehead atoms. The molecule has 0 saturated carbocycles. The van der Waals surface area contributed by atoms with Crippen LogP contribution in [0.4, 0.5) is 5.69 Å². The van der Waals surface area contributed by atoms with E-state index in [-0.39, 0.29) is 24.3 Å². The van der Waals surface area contributed by atoms with Crippen molar-refractivity contribution < 1.29 is 9.59 Å². The van der Waals surface area contributed by atoms with Crippen molar-refractivity contribution in [2.24, 2.45) is 0 Å². The molecule has 0 unspecified atom stereocenters. The number of amides is 2. The number of hydrogen-bond acceptors (Lipinski definition) is 6. The van der Waals surface area contributed by atoms with Gasteiger partial charge in [0.1, 0.15) is 5.01 Å². The summed E-state index contributed by atoms with van der Waals surface area (Å²) in [6.07, 6.45) is 3.70. The number of aryl methyl sites for hydroxylation is 2. The van der Waals surface area contributed by atoms with Crippen molar-refractivity contribution in [2.75, 3.05) is 31.1 Å². The molecule has 198 valence electrons. The van der Waals surface area contributed by atoms with Crippen molar-refractivity contribution >= 4 is 39.1 Å². The Morgan fingerprint density at radius 1 is 0.846 bits per heavy atom. The average Bonchev–Trinajstić information content (AvgIpc) is 3.52. The maximum absolute atomic E-state index is 13.5. The lowest BCUT2D eigenvalue weighted by molar-refractivity contribution is -0.123. The van der Waals surface area contributed by atoms with Gasteiger partial charge >= 0.3 is 0 Å². The molecule has 1 aliphatic carbocycles. The molecule has 0 N–H and O–H groups in total. The number of thiazole rings is 1. The van der Waals surface area contributed by atoms with Gasteiger partial charge < -0.3 is 0 Å². The molecule has 2 saturated heterocycles. The number of fused-ring (bicyclic) bond motifs is 2. The fraction of sp³-hybridized carbons (Fsp3) is 0.344. The Morgan fingerprint density at radius 2 is 1.59 bits per heavy atom. The van der Waals surface area contributed by atoms with Crippen LogP contribution in [0.3, 0.4) is 0 Å². The molecular weight excluding hydrogens is 504 g/mol. The summed E-state index contributed by atoms with van der Waals surface area (Å²) in [5.74, 6) is -0.206.